The Hall–Kier alpha value is -4.91. The maximum atomic E-state index is 6.07. The van der Waals surface area contributed by atoms with Gasteiger partial charge in [0, 0.05) is 0 Å². The number of rotatable bonds is 9. The summed E-state index contributed by atoms with van der Waals surface area (Å²) in [6.45, 7) is 5.53. The van der Waals surface area contributed by atoms with Gasteiger partial charge in [-0.2, -0.15) is 0 Å². The van der Waals surface area contributed by atoms with Crippen LogP contribution in [0.5, 0.6) is 0 Å². The molecule has 1 nitrogen and oxygen atoms in total. The van der Waals surface area contributed by atoms with Crippen molar-refractivity contribution in [3.05, 3.63) is 197 Å². The van der Waals surface area contributed by atoms with Crippen molar-refractivity contribution < 1.29 is 22.7 Å². The minimum absolute atomic E-state index is 0.603. The van der Waals surface area contributed by atoms with E-state index in [-0.39, 0.29) is 0 Å². The number of allylic oxidation sites excluding steroid dienone is 6. The van der Waals surface area contributed by atoms with Gasteiger partial charge in [0.1, 0.15) is 0 Å². The van der Waals surface area contributed by atoms with Gasteiger partial charge in [0.05, 0.1) is 0 Å². The second-order valence-corrected chi connectivity index (χ2v) is 17.5. The Balaban J connectivity index is 1.39. The molecule has 7 aromatic rings. The molecule has 0 atom stereocenters. The normalized spacial score (nSPS) is 15.8. The van der Waals surface area contributed by atoms with Crippen LogP contribution in [0.4, 0.5) is 0 Å². The zero-order valence-electron chi connectivity index (χ0n) is 30.1. The van der Waals surface area contributed by atoms with Crippen LogP contribution in [-0.4, -0.2) is 13.2 Å². The second kappa shape index (κ2) is 15.6. The molecule has 1 aliphatic heterocycles. The molecule has 0 aromatic heterocycles. The van der Waals surface area contributed by atoms with Gasteiger partial charge in [0.25, 0.3) is 0 Å². The van der Waals surface area contributed by atoms with Gasteiger partial charge in [-0.1, -0.05) is 12.2 Å². The van der Waals surface area contributed by atoms with Crippen LogP contribution in [-0.2, 0) is 22.7 Å². The summed E-state index contributed by atoms with van der Waals surface area (Å²) in [7, 11) is -2.41. The van der Waals surface area contributed by atoms with Gasteiger partial charge >= 0.3 is 301 Å². The standard InChI is InChI=1S/C50H41OP.Os/c1-4-15-37-29-40-25-27-42-31-38(32-43-28-26-41(30-37)49(40)50(42)43)23-24-39(33-45-35-51-34-44(45)16-5-2)36(3)52(46-17-9-6-10-18-46,47-19-11-7-12-20-47)48-21-13-8-14-22-48;/h4,6-33H,5,34-35H2,1-2H3;/q+1;/b15-4+,24-23+,39-36?,44-16?,45-33?;. The first-order chi connectivity index (χ1) is 26.1. The van der Waals surface area contributed by atoms with Gasteiger partial charge in [0.2, 0.25) is 0 Å². The van der Waals surface area contributed by atoms with Crippen molar-refractivity contribution in [2.75, 3.05) is 13.2 Å². The van der Waals surface area contributed by atoms with Crippen molar-refractivity contribution >= 4 is 67.6 Å². The van der Waals surface area contributed by atoms with Crippen LogP contribution in [0.2, 0.25) is 0 Å². The van der Waals surface area contributed by atoms with Crippen LogP contribution in [0.1, 0.15) is 31.4 Å². The fraction of sp³-hybridized carbons (Fsp3) is 0.100. The molecule has 0 aliphatic carbocycles. The zero-order chi connectivity index (χ0) is 36.2. The third kappa shape index (κ3) is 6.64. The summed E-state index contributed by atoms with van der Waals surface area (Å²) in [4.78, 5) is 0. The van der Waals surface area contributed by atoms with Gasteiger partial charge < -0.3 is 0 Å². The van der Waals surface area contributed by atoms with Crippen LogP contribution in [0.15, 0.2) is 186 Å². The molecule has 1 fully saturated rings. The number of ether oxygens (including phenoxy) is 1. The van der Waals surface area contributed by atoms with E-state index in [9.17, 15) is 0 Å². The Labute approximate surface area is 323 Å². The molecule has 0 N–H and O–H groups in total. The molecule has 0 amide bonds. The summed E-state index contributed by atoms with van der Waals surface area (Å²) in [6.07, 6.45) is 14.6. The van der Waals surface area contributed by atoms with Crippen molar-refractivity contribution in [1.29, 1.82) is 0 Å². The Morgan fingerprint density at radius 1 is 0.642 bits per heavy atom. The molecular weight excluding hydrogens is 838 g/mol. The Kier molecular flexibility index (Phi) is 10.3. The van der Waals surface area contributed by atoms with Crippen molar-refractivity contribution in [3.8, 4) is 4.37 Å². The third-order valence-corrected chi connectivity index (χ3v) is 15.6. The summed E-state index contributed by atoms with van der Waals surface area (Å²) in [6, 6.07) is 51.7. The van der Waals surface area contributed by atoms with Crippen molar-refractivity contribution in [2.24, 2.45) is 0 Å². The summed E-state index contributed by atoms with van der Waals surface area (Å²) in [5.41, 5.74) is 6.09. The van der Waals surface area contributed by atoms with Crippen LogP contribution in [0.25, 0.3) is 44.5 Å². The molecule has 0 unspecified atom stereocenters. The summed E-state index contributed by atoms with van der Waals surface area (Å²) in [5, 5.41) is 12.9. The quantitative estimate of drug-likeness (QED) is 0.0797. The number of hydrogen-bond acceptors (Lipinski definition) is 1. The molecule has 0 bridgehead atoms. The Bertz CT molecular complexity index is 2460. The monoisotopic (exact) mass is 880 g/mol. The van der Waals surface area contributed by atoms with Crippen molar-refractivity contribution in [1.82, 2.24) is 0 Å². The first kappa shape index (κ1) is 35.1. The molecule has 1 aliphatic rings. The predicted octanol–water partition coefficient (Wildman–Crippen LogP) is 11.7. The zero-order valence-corrected chi connectivity index (χ0v) is 33.5. The maximum absolute atomic E-state index is 6.07. The van der Waals surface area contributed by atoms with Crippen LogP contribution in [0, 0.1) is 4.37 Å². The summed E-state index contributed by atoms with van der Waals surface area (Å²) in [5.74, 6) is 0. The molecule has 0 saturated carbocycles. The van der Waals surface area contributed by atoms with E-state index in [1.165, 1.54) is 75.8 Å². The molecule has 3 heteroatoms. The molecule has 1 saturated heterocycles. The van der Waals surface area contributed by atoms with E-state index in [2.05, 4.69) is 194 Å². The van der Waals surface area contributed by atoms with E-state index in [0.717, 1.165) is 12.0 Å². The van der Waals surface area contributed by atoms with Gasteiger partial charge in [-0.25, -0.2) is 0 Å². The Morgan fingerprint density at radius 3 is 1.53 bits per heavy atom. The number of benzene rings is 7. The van der Waals surface area contributed by atoms with Gasteiger partial charge in [-0.15, -0.1) is 0 Å². The van der Waals surface area contributed by atoms with E-state index in [0.29, 0.717) is 13.2 Å². The predicted molar refractivity (Wildman–Crippen MR) is 227 cm³/mol. The van der Waals surface area contributed by atoms with Crippen LogP contribution < -0.4 is 15.9 Å². The summed E-state index contributed by atoms with van der Waals surface area (Å²) >= 11 is 1.83. The molecule has 1 heterocycles. The second-order valence-electron chi connectivity index (χ2n) is 13.5. The van der Waals surface area contributed by atoms with Gasteiger partial charge in [-0.3, -0.25) is 0 Å². The van der Waals surface area contributed by atoms with Gasteiger partial charge in [0.15, 0.2) is 0 Å². The number of hydrogen-bond donors (Lipinski definition) is 0. The fourth-order valence-corrected chi connectivity index (χ4v) is 13.8. The fourth-order valence-electron chi connectivity index (χ4n) is 7.96. The van der Waals surface area contributed by atoms with Crippen molar-refractivity contribution in [2.45, 2.75) is 20.3 Å². The SMILES string of the molecule is C/C=C/c1cc2ccc3cc(/C=C/C(C=C4COCC4=CCC)=C([C]#[Os])[P+](c4ccccc4)(c4ccccc4)c4ccccc4)cc4ccc(c1)c2c34. The van der Waals surface area contributed by atoms with E-state index >= 15 is 0 Å². The first-order valence-electron chi connectivity index (χ1n) is 18.3. The van der Waals surface area contributed by atoms with E-state index in [1.54, 1.807) is 0 Å². The topological polar surface area (TPSA) is 9.23 Å². The molecule has 7 aromatic carbocycles. The molecule has 0 radical (unpaired) electrons. The average Bonchev–Trinajstić information content (AvgIpc) is 3.65. The molecule has 0 spiro atoms. The van der Waals surface area contributed by atoms with E-state index in [1.807, 2.05) is 17.9 Å². The summed E-state index contributed by atoms with van der Waals surface area (Å²) < 4.78 is 9.95. The van der Waals surface area contributed by atoms with Crippen LogP contribution >= 0.6 is 7.26 Å². The molecule has 259 valence electrons. The third-order valence-electron chi connectivity index (χ3n) is 10.2. The van der Waals surface area contributed by atoms with E-state index < -0.39 is 7.26 Å². The average molecular weight is 879 g/mol. The first-order valence-corrected chi connectivity index (χ1v) is 21.4. The molecular formula is C50H41OOsP+. The van der Waals surface area contributed by atoms with E-state index in [4.69, 9.17) is 4.74 Å². The van der Waals surface area contributed by atoms with Crippen LogP contribution in [0.3, 0.4) is 0 Å². The van der Waals surface area contributed by atoms with Gasteiger partial charge in [-0.05, 0) is 12.5 Å². The van der Waals surface area contributed by atoms with Crippen molar-refractivity contribution in [3.63, 3.8) is 0 Å². The molecule has 53 heavy (non-hydrogen) atoms. The molecule has 8 rings (SSSR count). The minimum atomic E-state index is -2.41. The Morgan fingerprint density at radius 2 is 1.09 bits per heavy atom.